The summed E-state index contributed by atoms with van der Waals surface area (Å²) in [7, 11) is 0. The number of anilines is 4. The lowest BCUT2D eigenvalue weighted by atomic mass is 10.0. The minimum absolute atomic E-state index is 0.530. The van der Waals surface area contributed by atoms with Gasteiger partial charge in [-0.2, -0.15) is 0 Å². The highest BCUT2D eigenvalue weighted by atomic mass is 35.5. The topological polar surface area (TPSA) is 75.9 Å². The Hall–Kier alpha value is -2.01. The standard InChI is InChI=1S/C27H44ClN5/c1-3-4-5-6-7-8-9-10-11-12-13-14-15-16-19-30-26-25(29)27(32-21-31-26)33-24-20-23(28)18-17-22(24)2/h17-18,20-21H,3-16,19,29H2,1-2H3,(H2,30,31,32,33). The van der Waals surface area contributed by atoms with E-state index in [4.69, 9.17) is 17.3 Å². The zero-order valence-electron chi connectivity index (χ0n) is 20.8. The van der Waals surface area contributed by atoms with Gasteiger partial charge in [-0.15, -0.1) is 0 Å². The molecule has 5 nitrogen and oxygen atoms in total. The minimum Gasteiger partial charge on any atom is -0.393 e. The van der Waals surface area contributed by atoms with Crippen molar-refractivity contribution in [3.63, 3.8) is 0 Å². The van der Waals surface area contributed by atoms with Crippen LogP contribution in [0.15, 0.2) is 24.5 Å². The Balaban J connectivity index is 1.54. The third-order valence-electron chi connectivity index (χ3n) is 6.16. The normalized spacial score (nSPS) is 11.0. The summed E-state index contributed by atoms with van der Waals surface area (Å²) in [4.78, 5) is 8.61. The van der Waals surface area contributed by atoms with Crippen LogP contribution in [0, 0.1) is 6.92 Å². The second kappa shape index (κ2) is 16.6. The molecule has 2 rings (SSSR count). The number of unbranched alkanes of at least 4 members (excludes halogenated alkanes) is 13. The first-order valence-electron chi connectivity index (χ1n) is 13.0. The number of nitrogen functional groups attached to an aromatic ring is 1. The predicted molar refractivity (Wildman–Crippen MR) is 145 cm³/mol. The van der Waals surface area contributed by atoms with Crippen molar-refractivity contribution in [3.05, 3.63) is 35.1 Å². The Morgan fingerprint density at radius 2 is 1.33 bits per heavy atom. The average molecular weight is 474 g/mol. The van der Waals surface area contributed by atoms with Gasteiger partial charge in [0.15, 0.2) is 11.6 Å². The first kappa shape index (κ1) is 27.2. The van der Waals surface area contributed by atoms with Gasteiger partial charge >= 0.3 is 0 Å². The summed E-state index contributed by atoms with van der Waals surface area (Å²) in [6.45, 7) is 5.17. The molecule has 0 aliphatic heterocycles. The molecule has 0 aliphatic rings. The summed E-state index contributed by atoms with van der Waals surface area (Å²) < 4.78 is 0. The Morgan fingerprint density at radius 3 is 1.94 bits per heavy atom. The molecule has 1 aromatic heterocycles. The zero-order chi connectivity index (χ0) is 23.7. The smallest absolute Gasteiger partial charge is 0.159 e. The number of aromatic nitrogens is 2. The summed E-state index contributed by atoms with van der Waals surface area (Å²) in [5.41, 5.74) is 8.80. The summed E-state index contributed by atoms with van der Waals surface area (Å²) in [6.07, 6.45) is 20.6. The maximum Gasteiger partial charge on any atom is 0.159 e. The van der Waals surface area contributed by atoms with Crippen LogP contribution in [0.4, 0.5) is 23.0 Å². The van der Waals surface area contributed by atoms with Gasteiger partial charge in [0.05, 0.1) is 0 Å². The van der Waals surface area contributed by atoms with E-state index in [-0.39, 0.29) is 0 Å². The van der Waals surface area contributed by atoms with Crippen LogP contribution in [0.2, 0.25) is 5.02 Å². The van der Waals surface area contributed by atoms with Crippen molar-refractivity contribution >= 4 is 34.6 Å². The van der Waals surface area contributed by atoms with Gasteiger partial charge in [0.1, 0.15) is 12.0 Å². The largest absolute Gasteiger partial charge is 0.393 e. The second-order valence-electron chi connectivity index (χ2n) is 9.09. The van der Waals surface area contributed by atoms with E-state index in [1.54, 1.807) is 0 Å². The van der Waals surface area contributed by atoms with Crippen molar-refractivity contribution < 1.29 is 0 Å². The van der Waals surface area contributed by atoms with Crippen molar-refractivity contribution in [2.75, 3.05) is 22.9 Å². The molecule has 0 radical (unpaired) electrons. The van der Waals surface area contributed by atoms with E-state index in [1.807, 2.05) is 25.1 Å². The fraction of sp³-hybridized carbons (Fsp3) is 0.630. The van der Waals surface area contributed by atoms with Crippen molar-refractivity contribution in [2.24, 2.45) is 0 Å². The van der Waals surface area contributed by atoms with Gasteiger partial charge < -0.3 is 16.4 Å². The first-order chi connectivity index (χ1) is 16.1. The lowest BCUT2D eigenvalue weighted by Gasteiger charge is -2.14. The Labute approximate surface area is 206 Å². The quantitative estimate of drug-likeness (QED) is 0.189. The molecule has 0 unspecified atom stereocenters. The minimum atomic E-state index is 0.530. The van der Waals surface area contributed by atoms with E-state index in [2.05, 4.69) is 27.5 Å². The van der Waals surface area contributed by atoms with E-state index in [0.29, 0.717) is 22.3 Å². The van der Waals surface area contributed by atoms with Gasteiger partial charge in [0.2, 0.25) is 0 Å². The van der Waals surface area contributed by atoms with E-state index in [1.165, 1.54) is 89.8 Å². The second-order valence-corrected chi connectivity index (χ2v) is 9.53. The number of hydrogen-bond donors (Lipinski definition) is 3. The van der Waals surface area contributed by atoms with Crippen LogP contribution in [-0.2, 0) is 0 Å². The SMILES string of the molecule is CCCCCCCCCCCCCCCCNc1ncnc(Nc2cc(Cl)ccc2C)c1N. The number of rotatable bonds is 18. The summed E-state index contributed by atoms with van der Waals surface area (Å²) >= 11 is 6.12. The van der Waals surface area contributed by atoms with Gasteiger partial charge in [-0.1, -0.05) is 108 Å². The number of aryl methyl sites for hydroxylation is 1. The van der Waals surface area contributed by atoms with Crippen molar-refractivity contribution in [3.8, 4) is 0 Å². The maximum atomic E-state index is 6.30. The number of hydrogen-bond acceptors (Lipinski definition) is 5. The van der Waals surface area contributed by atoms with Gasteiger partial charge in [-0.25, -0.2) is 9.97 Å². The van der Waals surface area contributed by atoms with Gasteiger partial charge in [0.25, 0.3) is 0 Å². The van der Waals surface area contributed by atoms with Crippen LogP contribution in [0.3, 0.4) is 0 Å². The fourth-order valence-corrected chi connectivity index (χ4v) is 4.19. The summed E-state index contributed by atoms with van der Waals surface area (Å²) in [6, 6.07) is 5.71. The molecule has 0 saturated carbocycles. The Kier molecular flexibility index (Phi) is 13.7. The monoisotopic (exact) mass is 473 g/mol. The van der Waals surface area contributed by atoms with E-state index in [9.17, 15) is 0 Å². The molecule has 0 bridgehead atoms. The van der Waals surface area contributed by atoms with Crippen LogP contribution >= 0.6 is 11.6 Å². The molecule has 6 heteroatoms. The number of benzene rings is 1. The Morgan fingerprint density at radius 1 is 0.788 bits per heavy atom. The van der Waals surface area contributed by atoms with Crippen LogP contribution in [0.1, 0.15) is 102 Å². The molecule has 1 heterocycles. The third-order valence-corrected chi connectivity index (χ3v) is 6.39. The van der Waals surface area contributed by atoms with E-state index in [0.717, 1.165) is 24.2 Å². The number of halogens is 1. The molecule has 184 valence electrons. The van der Waals surface area contributed by atoms with Crippen LogP contribution < -0.4 is 16.4 Å². The highest BCUT2D eigenvalue weighted by Crippen LogP contribution is 2.29. The third kappa shape index (κ3) is 11.1. The number of nitrogens with zero attached hydrogens (tertiary/aromatic N) is 2. The van der Waals surface area contributed by atoms with Gasteiger partial charge in [0, 0.05) is 17.3 Å². The van der Waals surface area contributed by atoms with Gasteiger partial charge in [-0.05, 0) is 31.0 Å². The molecule has 0 spiro atoms. The lowest BCUT2D eigenvalue weighted by Crippen LogP contribution is -2.09. The first-order valence-corrected chi connectivity index (χ1v) is 13.4. The fourth-order valence-electron chi connectivity index (χ4n) is 4.02. The van der Waals surface area contributed by atoms with Gasteiger partial charge in [-0.3, -0.25) is 0 Å². The average Bonchev–Trinajstić information content (AvgIpc) is 2.81. The predicted octanol–water partition coefficient (Wildman–Crippen LogP) is 8.66. The van der Waals surface area contributed by atoms with Crippen molar-refractivity contribution in [1.82, 2.24) is 9.97 Å². The molecule has 0 amide bonds. The molecule has 33 heavy (non-hydrogen) atoms. The molecule has 4 N–H and O–H groups in total. The molecule has 0 saturated heterocycles. The molecular weight excluding hydrogens is 430 g/mol. The van der Waals surface area contributed by atoms with Crippen LogP contribution in [0.25, 0.3) is 0 Å². The maximum absolute atomic E-state index is 6.30. The zero-order valence-corrected chi connectivity index (χ0v) is 21.5. The molecule has 0 fully saturated rings. The molecule has 0 atom stereocenters. The molecule has 1 aromatic carbocycles. The van der Waals surface area contributed by atoms with E-state index < -0.39 is 0 Å². The Bertz CT molecular complexity index is 796. The van der Waals surface area contributed by atoms with Crippen molar-refractivity contribution in [1.29, 1.82) is 0 Å². The molecule has 0 aliphatic carbocycles. The van der Waals surface area contributed by atoms with Crippen LogP contribution in [0.5, 0.6) is 0 Å². The highest BCUT2D eigenvalue weighted by molar-refractivity contribution is 6.30. The van der Waals surface area contributed by atoms with Crippen LogP contribution in [-0.4, -0.2) is 16.5 Å². The van der Waals surface area contributed by atoms with E-state index >= 15 is 0 Å². The number of nitrogens with two attached hydrogens (primary N) is 1. The molecular formula is C27H44ClN5. The highest BCUT2D eigenvalue weighted by Gasteiger charge is 2.09. The van der Waals surface area contributed by atoms with Crippen molar-refractivity contribution in [2.45, 2.75) is 104 Å². The lowest BCUT2D eigenvalue weighted by molar-refractivity contribution is 0.537. The molecule has 2 aromatic rings. The summed E-state index contributed by atoms with van der Waals surface area (Å²) in [5.74, 6) is 1.28. The number of nitrogens with one attached hydrogen (secondary N) is 2. The summed E-state index contributed by atoms with van der Waals surface area (Å²) in [5, 5.41) is 7.31.